The lowest BCUT2D eigenvalue weighted by atomic mass is 10.2. The number of hydrogen-bond donors (Lipinski definition) is 1. The Morgan fingerprint density at radius 1 is 1.35 bits per heavy atom. The summed E-state index contributed by atoms with van der Waals surface area (Å²) in [5.41, 5.74) is 1.81. The standard InChI is InChI=1S/C20H22N4O2/c1-5-8-16(13-21-4)26-17-11-14(3)22-18(12-17)20(25)24-19-10-7-9-15(6-2)23-19/h5,7-13H,1,6H2,2-4H3,(H,23,24,25). The van der Waals surface area contributed by atoms with Gasteiger partial charge in [-0.05, 0) is 31.6 Å². The molecule has 2 heterocycles. The van der Waals surface area contributed by atoms with Gasteiger partial charge in [0.15, 0.2) is 0 Å². The molecule has 26 heavy (non-hydrogen) atoms. The van der Waals surface area contributed by atoms with Crippen LogP contribution in [0.5, 0.6) is 5.75 Å². The molecule has 1 N–H and O–H groups in total. The van der Waals surface area contributed by atoms with E-state index in [1.165, 1.54) is 0 Å². The molecule has 6 nitrogen and oxygen atoms in total. The summed E-state index contributed by atoms with van der Waals surface area (Å²) in [6.07, 6.45) is 5.65. The van der Waals surface area contributed by atoms with Crippen LogP contribution in [-0.2, 0) is 6.42 Å². The third-order valence-corrected chi connectivity index (χ3v) is 3.34. The highest BCUT2D eigenvalue weighted by atomic mass is 16.5. The van der Waals surface area contributed by atoms with E-state index in [-0.39, 0.29) is 11.6 Å². The summed E-state index contributed by atoms with van der Waals surface area (Å²) in [7, 11) is 1.65. The van der Waals surface area contributed by atoms with Gasteiger partial charge in [-0.3, -0.25) is 9.79 Å². The number of aryl methyl sites for hydroxylation is 2. The summed E-state index contributed by atoms with van der Waals surface area (Å²) in [4.78, 5) is 25.1. The van der Waals surface area contributed by atoms with Gasteiger partial charge in [0.2, 0.25) is 0 Å². The van der Waals surface area contributed by atoms with Crippen LogP contribution in [-0.4, -0.2) is 29.1 Å². The van der Waals surface area contributed by atoms with Crippen LogP contribution < -0.4 is 10.1 Å². The number of nitrogens with one attached hydrogen (secondary N) is 1. The number of pyridine rings is 2. The first kappa shape index (κ1) is 19.1. The number of hydrogen-bond acceptors (Lipinski definition) is 5. The highest BCUT2D eigenvalue weighted by Crippen LogP contribution is 2.18. The first-order valence-electron chi connectivity index (χ1n) is 8.24. The number of carbonyl (C=O) groups is 1. The van der Waals surface area contributed by atoms with Crippen molar-refractivity contribution in [1.29, 1.82) is 0 Å². The number of ether oxygens (including phenoxy) is 1. The van der Waals surface area contributed by atoms with E-state index in [0.29, 0.717) is 23.0 Å². The van der Waals surface area contributed by atoms with Crippen LogP contribution >= 0.6 is 0 Å². The van der Waals surface area contributed by atoms with Gasteiger partial charge in [-0.15, -0.1) is 0 Å². The van der Waals surface area contributed by atoms with Gasteiger partial charge in [0.1, 0.15) is 23.0 Å². The van der Waals surface area contributed by atoms with Crippen LogP contribution in [0.4, 0.5) is 5.82 Å². The van der Waals surface area contributed by atoms with E-state index in [4.69, 9.17) is 4.74 Å². The summed E-state index contributed by atoms with van der Waals surface area (Å²) in [6, 6.07) is 8.83. The Hall–Kier alpha value is -3.28. The lowest BCUT2D eigenvalue weighted by Crippen LogP contribution is -2.15. The number of rotatable bonds is 7. The highest BCUT2D eigenvalue weighted by Gasteiger charge is 2.12. The van der Waals surface area contributed by atoms with Crippen molar-refractivity contribution in [3.63, 3.8) is 0 Å². The normalized spacial score (nSPS) is 11.4. The van der Waals surface area contributed by atoms with Crippen molar-refractivity contribution in [3.8, 4) is 5.75 Å². The quantitative estimate of drug-likeness (QED) is 0.469. The van der Waals surface area contributed by atoms with Crippen molar-refractivity contribution >= 4 is 17.9 Å². The molecule has 2 aromatic rings. The molecule has 0 unspecified atom stereocenters. The number of amides is 1. The maximum absolute atomic E-state index is 12.5. The minimum atomic E-state index is -0.349. The zero-order valence-electron chi connectivity index (χ0n) is 15.2. The molecule has 0 saturated heterocycles. The van der Waals surface area contributed by atoms with Gasteiger partial charge in [0.25, 0.3) is 5.91 Å². The first-order valence-corrected chi connectivity index (χ1v) is 8.24. The van der Waals surface area contributed by atoms with E-state index in [1.807, 2.05) is 19.1 Å². The molecule has 0 radical (unpaired) electrons. The Kier molecular flexibility index (Phi) is 6.79. The van der Waals surface area contributed by atoms with Crippen molar-refractivity contribution in [1.82, 2.24) is 9.97 Å². The molecule has 1 amide bonds. The molecule has 2 rings (SSSR count). The number of aliphatic imine (C=N–C) groups is 1. The first-order chi connectivity index (χ1) is 12.5. The summed E-state index contributed by atoms with van der Waals surface area (Å²) in [6.45, 7) is 7.45. The highest BCUT2D eigenvalue weighted by molar-refractivity contribution is 6.02. The fourth-order valence-corrected chi connectivity index (χ4v) is 2.22. The van der Waals surface area contributed by atoms with Gasteiger partial charge < -0.3 is 10.1 Å². The summed E-state index contributed by atoms with van der Waals surface area (Å²) >= 11 is 0. The van der Waals surface area contributed by atoms with Crippen LogP contribution in [0.25, 0.3) is 0 Å². The molecule has 0 aliphatic carbocycles. The zero-order chi connectivity index (χ0) is 18.9. The van der Waals surface area contributed by atoms with Crippen molar-refractivity contribution in [2.45, 2.75) is 20.3 Å². The average molecular weight is 350 g/mol. The van der Waals surface area contributed by atoms with Gasteiger partial charge in [-0.25, -0.2) is 9.97 Å². The minimum Gasteiger partial charge on any atom is -0.456 e. The monoisotopic (exact) mass is 350 g/mol. The lowest BCUT2D eigenvalue weighted by molar-refractivity contribution is 0.102. The topological polar surface area (TPSA) is 76.5 Å². The van der Waals surface area contributed by atoms with E-state index >= 15 is 0 Å². The molecule has 0 spiro atoms. The Labute approximate surface area is 153 Å². The average Bonchev–Trinajstić information content (AvgIpc) is 2.62. The predicted molar refractivity (Wildman–Crippen MR) is 104 cm³/mol. The van der Waals surface area contributed by atoms with Crippen molar-refractivity contribution < 1.29 is 9.53 Å². The van der Waals surface area contributed by atoms with E-state index in [1.54, 1.807) is 50.5 Å². The molecule has 0 aromatic carbocycles. The Balaban J connectivity index is 2.23. The van der Waals surface area contributed by atoms with Gasteiger partial charge in [-0.1, -0.05) is 25.6 Å². The van der Waals surface area contributed by atoms with Crippen LogP contribution in [0.15, 0.2) is 59.8 Å². The van der Waals surface area contributed by atoms with E-state index in [9.17, 15) is 4.79 Å². The van der Waals surface area contributed by atoms with E-state index in [2.05, 4.69) is 26.9 Å². The van der Waals surface area contributed by atoms with Crippen LogP contribution in [0.3, 0.4) is 0 Å². The summed E-state index contributed by atoms with van der Waals surface area (Å²) < 4.78 is 5.76. The number of aromatic nitrogens is 2. The zero-order valence-corrected chi connectivity index (χ0v) is 15.2. The molecule has 0 fully saturated rings. The van der Waals surface area contributed by atoms with Crippen molar-refractivity contribution in [3.05, 3.63) is 71.9 Å². The second-order valence-electron chi connectivity index (χ2n) is 5.45. The van der Waals surface area contributed by atoms with Crippen molar-refractivity contribution in [2.75, 3.05) is 12.4 Å². The van der Waals surface area contributed by atoms with Crippen LogP contribution in [0.1, 0.15) is 28.8 Å². The third-order valence-electron chi connectivity index (χ3n) is 3.34. The molecule has 0 aliphatic rings. The van der Waals surface area contributed by atoms with Crippen LogP contribution in [0, 0.1) is 6.92 Å². The summed E-state index contributed by atoms with van der Waals surface area (Å²) in [5, 5.41) is 2.77. The predicted octanol–water partition coefficient (Wildman–Crippen LogP) is 3.75. The van der Waals surface area contributed by atoms with E-state index in [0.717, 1.165) is 12.1 Å². The van der Waals surface area contributed by atoms with E-state index < -0.39 is 0 Å². The molecular formula is C20H22N4O2. The molecule has 134 valence electrons. The molecule has 6 heteroatoms. The Morgan fingerprint density at radius 3 is 2.85 bits per heavy atom. The number of nitrogens with zero attached hydrogens (tertiary/aromatic N) is 3. The smallest absolute Gasteiger partial charge is 0.275 e. The fourth-order valence-electron chi connectivity index (χ4n) is 2.22. The molecule has 0 bridgehead atoms. The molecule has 0 atom stereocenters. The number of carbonyl (C=O) groups excluding carboxylic acids is 1. The Morgan fingerprint density at radius 2 is 2.15 bits per heavy atom. The van der Waals surface area contributed by atoms with Gasteiger partial charge in [0.05, 0.1) is 6.21 Å². The largest absolute Gasteiger partial charge is 0.456 e. The SMILES string of the molecule is C=CC=C(C=NC)Oc1cc(C)nc(C(=O)Nc2cccc(CC)n2)c1. The minimum absolute atomic E-state index is 0.245. The maximum atomic E-state index is 12.5. The maximum Gasteiger partial charge on any atom is 0.275 e. The van der Waals surface area contributed by atoms with Gasteiger partial charge >= 0.3 is 0 Å². The number of allylic oxidation sites excluding steroid dienone is 3. The second kappa shape index (κ2) is 9.27. The lowest BCUT2D eigenvalue weighted by Gasteiger charge is -2.10. The summed E-state index contributed by atoms with van der Waals surface area (Å²) in [5.74, 6) is 1.14. The van der Waals surface area contributed by atoms with Crippen molar-refractivity contribution in [2.24, 2.45) is 4.99 Å². The second-order valence-corrected chi connectivity index (χ2v) is 5.45. The molecular weight excluding hydrogens is 328 g/mol. The number of anilines is 1. The molecule has 0 aliphatic heterocycles. The third kappa shape index (κ3) is 5.37. The Bertz CT molecular complexity index is 857. The molecule has 2 aromatic heterocycles. The fraction of sp³-hybridized carbons (Fsp3) is 0.200. The van der Waals surface area contributed by atoms with Gasteiger partial charge in [0, 0.05) is 30.6 Å². The van der Waals surface area contributed by atoms with Gasteiger partial charge in [-0.2, -0.15) is 0 Å². The molecule has 0 saturated carbocycles. The van der Waals surface area contributed by atoms with Crippen LogP contribution in [0.2, 0.25) is 0 Å².